The molecule has 0 aromatic heterocycles. The van der Waals surface area contributed by atoms with E-state index in [0.717, 1.165) is 50.7 Å². The zero-order valence-corrected chi connectivity index (χ0v) is 13.5. The molecule has 0 bridgehead atoms. The van der Waals surface area contributed by atoms with Gasteiger partial charge in [0.15, 0.2) is 0 Å². The van der Waals surface area contributed by atoms with Crippen LogP contribution in [0.15, 0.2) is 24.3 Å². The Hall–Kier alpha value is -1.06. The molecular formula is C19H28O3. The van der Waals surface area contributed by atoms with Crippen molar-refractivity contribution in [3.8, 4) is 5.75 Å². The number of rotatable bonds is 2. The second kappa shape index (κ2) is 10.6. The second-order valence-corrected chi connectivity index (χ2v) is 6.16. The van der Waals surface area contributed by atoms with Gasteiger partial charge in [0.2, 0.25) is 0 Å². The van der Waals surface area contributed by atoms with Gasteiger partial charge in [0.05, 0.1) is 12.7 Å². The predicted molar refractivity (Wildman–Crippen MR) is 86.5 cm³/mol. The maximum absolute atomic E-state index is 11.6. The predicted octanol–water partition coefficient (Wildman–Crippen LogP) is 4.57. The van der Waals surface area contributed by atoms with E-state index in [1.807, 2.05) is 24.3 Å². The molecular weight excluding hydrogens is 276 g/mol. The molecule has 0 amide bonds. The summed E-state index contributed by atoms with van der Waals surface area (Å²) in [6.07, 6.45) is 9.28. The molecule has 1 saturated heterocycles. The third-order valence-corrected chi connectivity index (χ3v) is 4.15. The van der Waals surface area contributed by atoms with E-state index in [1.165, 1.54) is 12.8 Å². The lowest BCUT2D eigenvalue weighted by Gasteiger charge is -2.20. The molecule has 0 aliphatic carbocycles. The van der Waals surface area contributed by atoms with Gasteiger partial charge in [-0.1, -0.05) is 31.4 Å². The summed E-state index contributed by atoms with van der Waals surface area (Å²) in [7, 11) is 0. The van der Waals surface area contributed by atoms with Gasteiger partial charge in [-0.2, -0.15) is 0 Å². The Bertz CT molecular complexity index is 364. The number of ether oxygens (including phenoxy) is 2. The molecule has 1 heterocycles. The van der Waals surface area contributed by atoms with E-state index >= 15 is 0 Å². The van der Waals surface area contributed by atoms with Gasteiger partial charge in [0.1, 0.15) is 11.9 Å². The lowest BCUT2D eigenvalue weighted by Crippen LogP contribution is -2.18. The Labute approximate surface area is 134 Å². The smallest absolute Gasteiger partial charge is 0.120 e. The van der Waals surface area contributed by atoms with Crippen molar-refractivity contribution in [3.63, 3.8) is 0 Å². The first kappa shape index (κ1) is 17.3. The van der Waals surface area contributed by atoms with E-state index in [1.54, 1.807) is 0 Å². The third-order valence-electron chi connectivity index (χ3n) is 4.15. The molecule has 2 atom stereocenters. The van der Waals surface area contributed by atoms with Crippen LogP contribution in [0.4, 0.5) is 0 Å². The van der Waals surface area contributed by atoms with Gasteiger partial charge < -0.3 is 9.47 Å². The van der Waals surface area contributed by atoms with Crippen LogP contribution < -0.4 is 4.74 Å². The molecule has 22 heavy (non-hydrogen) atoms. The molecule has 122 valence electrons. The summed E-state index contributed by atoms with van der Waals surface area (Å²) in [6.45, 7) is 1.07. The van der Waals surface area contributed by atoms with Gasteiger partial charge in [0, 0.05) is 6.61 Å². The average molecular weight is 304 g/mol. The van der Waals surface area contributed by atoms with Crippen LogP contribution in [0.1, 0.15) is 57.8 Å². The van der Waals surface area contributed by atoms with E-state index < -0.39 is 6.10 Å². The van der Waals surface area contributed by atoms with Crippen molar-refractivity contribution < 1.29 is 14.6 Å². The zero-order valence-electron chi connectivity index (χ0n) is 13.5. The molecule has 3 heteroatoms. The van der Waals surface area contributed by atoms with E-state index in [2.05, 4.69) is 6.07 Å². The molecule has 1 aliphatic rings. The van der Waals surface area contributed by atoms with Gasteiger partial charge in [0.25, 0.3) is 0 Å². The fourth-order valence-electron chi connectivity index (χ4n) is 2.88. The quantitative estimate of drug-likeness (QED) is 0.802. The van der Waals surface area contributed by atoms with E-state index in [4.69, 9.17) is 9.47 Å². The van der Waals surface area contributed by atoms with Crippen molar-refractivity contribution in [1.82, 2.24) is 0 Å². The molecule has 0 N–H and O–H groups in total. The number of hydrogen-bond acceptors (Lipinski definition) is 2. The van der Waals surface area contributed by atoms with Crippen molar-refractivity contribution in [2.24, 2.45) is 0 Å². The fourth-order valence-corrected chi connectivity index (χ4v) is 2.88. The van der Waals surface area contributed by atoms with Crippen LogP contribution in [0.25, 0.3) is 0 Å². The van der Waals surface area contributed by atoms with E-state index in [0.29, 0.717) is 13.2 Å². The van der Waals surface area contributed by atoms with Gasteiger partial charge in [-0.25, -0.2) is 5.11 Å². The molecule has 3 nitrogen and oxygen atoms in total. The summed E-state index contributed by atoms with van der Waals surface area (Å²) in [4.78, 5) is 0. The molecule has 1 aromatic rings. The van der Waals surface area contributed by atoms with E-state index in [-0.39, 0.29) is 6.10 Å². The van der Waals surface area contributed by atoms with E-state index in [9.17, 15) is 5.11 Å². The highest BCUT2D eigenvalue weighted by atomic mass is 16.5. The summed E-state index contributed by atoms with van der Waals surface area (Å²) in [5.41, 5.74) is 0. The maximum Gasteiger partial charge on any atom is 0.120 e. The Morgan fingerprint density at radius 3 is 2.59 bits per heavy atom. The molecule has 2 unspecified atom stereocenters. The highest BCUT2D eigenvalue weighted by Gasteiger charge is 2.12. The first-order chi connectivity index (χ1) is 10.8. The molecule has 1 aliphatic heterocycles. The minimum Gasteiger partial charge on any atom is -0.490 e. The topological polar surface area (TPSA) is 38.4 Å². The van der Waals surface area contributed by atoms with Crippen LogP contribution in [-0.4, -0.2) is 25.4 Å². The standard InChI is InChI=1S/C19H28O3/c20-17-10-4-1-2-5-11-19(14-8-9-15-21-16-17)22-18-12-6-3-7-13-18/h3,6,12-13,17,19H,1-2,4-5,8-11,14-16H2. The summed E-state index contributed by atoms with van der Waals surface area (Å²) >= 11 is 0. The summed E-state index contributed by atoms with van der Waals surface area (Å²) < 4.78 is 11.6. The second-order valence-electron chi connectivity index (χ2n) is 6.16. The fraction of sp³-hybridized carbons (Fsp3) is 0.684. The zero-order chi connectivity index (χ0) is 15.5. The normalized spacial score (nSPS) is 26.0. The van der Waals surface area contributed by atoms with Crippen molar-refractivity contribution in [3.05, 3.63) is 30.3 Å². The summed E-state index contributed by atoms with van der Waals surface area (Å²) in [6, 6.07) is 10.8. The van der Waals surface area contributed by atoms with Crippen LogP contribution in [0.5, 0.6) is 5.75 Å². The van der Waals surface area contributed by atoms with Crippen LogP contribution >= 0.6 is 0 Å². The Morgan fingerprint density at radius 2 is 1.82 bits per heavy atom. The largest absolute Gasteiger partial charge is 0.490 e. The number of benzene rings is 1. The van der Waals surface area contributed by atoms with Gasteiger partial charge in [-0.05, 0) is 56.7 Å². The van der Waals surface area contributed by atoms with Crippen LogP contribution in [0.3, 0.4) is 0 Å². The van der Waals surface area contributed by atoms with Crippen LogP contribution in [0, 0.1) is 6.07 Å². The maximum atomic E-state index is 11.6. The van der Waals surface area contributed by atoms with Crippen molar-refractivity contribution >= 4 is 0 Å². The lowest BCUT2D eigenvalue weighted by atomic mass is 10.0. The Balaban J connectivity index is 1.79. The molecule has 2 rings (SSSR count). The minimum absolute atomic E-state index is 0.283. The average Bonchev–Trinajstić information content (AvgIpc) is 2.54. The van der Waals surface area contributed by atoms with Gasteiger partial charge in [-0.3, -0.25) is 0 Å². The Kier molecular flexibility index (Phi) is 8.36. The van der Waals surface area contributed by atoms with Crippen molar-refractivity contribution in [2.45, 2.75) is 70.0 Å². The molecule has 1 aromatic carbocycles. The minimum atomic E-state index is -0.534. The molecule has 2 radical (unpaired) electrons. The first-order valence-electron chi connectivity index (χ1n) is 8.71. The van der Waals surface area contributed by atoms with Crippen molar-refractivity contribution in [1.29, 1.82) is 0 Å². The SMILES string of the molecule is [O]C1CCCCCCC(Oc2c[c]ccc2)CCCCOC1. The van der Waals surface area contributed by atoms with Crippen LogP contribution in [0.2, 0.25) is 0 Å². The summed E-state index contributed by atoms with van der Waals surface area (Å²) in [5.74, 6) is 0.916. The molecule has 0 saturated carbocycles. The monoisotopic (exact) mass is 304 g/mol. The highest BCUT2D eigenvalue weighted by Crippen LogP contribution is 2.19. The van der Waals surface area contributed by atoms with Gasteiger partial charge in [-0.15, -0.1) is 0 Å². The first-order valence-corrected chi connectivity index (χ1v) is 8.71. The lowest BCUT2D eigenvalue weighted by molar-refractivity contribution is -0.0102. The van der Waals surface area contributed by atoms with Crippen LogP contribution in [-0.2, 0) is 9.84 Å². The third kappa shape index (κ3) is 7.28. The molecule has 0 spiro atoms. The molecule has 1 fully saturated rings. The van der Waals surface area contributed by atoms with Gasteiger partial charge >= 0.3 is 0 Å². The summed E-state index contributed by atoms with van der Waals surface area (Å²) in [5, 5.41) is 11.6. The highest BCUT2D eigenvalue weighted by molar-refractivity contribution is 5.20. The van der Waals surface area contributed by atoms with Crippen molar-refractivity contribution in [2.75, 3.05) is 13.2 Å². The number of hydrogen-bond donors (Lipinski definition) is 0. The Morgan fingerprint density at radius 1 is 1.05 bits per heavy atom.